The van der Waals surface area contributed by atoms with Crippen LogP contribution in [0, 0.1) is 6.92 Å². The molecule has 0 aliphatic carbocycles. The van der Waals surface area contributed by atoms with Gasteiger partial charge in [0.05, 0.1) is 10.3 Å². The molecular weight excluding hydrogens is 342 g/mol. The minimum absolute atomic E-state index is 0.214. The van der Waals surface area contributed by atoms with E-state index in [2.05, 4.69) is 0 Å². The second-order valence-electron chi connectivity index (χ2n) is 6.90. The lowest BCUT2D eigenvalue weighted by atomic mass is 10.1. The molecule has 0 fully saturated rings. The lowest BCUT2D eigenvalue weighted by Crippen LogP contribution is -2.47. The van der Waals surface area contributed by atoms with Crippen molar-refractivity contribution >= 4 is 21.6 Å². The zero-order chi connectivity index (χ0) is 18.0. The summed E-state index contributed by atoms with van der Waals surface area (Å²) in [6, 6.07) is 16.5. The fourth-order valence-electron chi connectivity index (χ4n) is 2.48. The summed E-state index contributed by atoms with van der Waals surface area (Å²) in [7, 11) is -3.63. The molecule has 0 amide bonds. The number of hydrogen-bond acceptors (Lipinski definition) is 2. The predicted molar refractivity (Wildman–Crippen MR) is 99.9 cm³/mol. The molecule has 24 heavy (non-hydrogen) atoms. The Labute approximate surface area is 150 Å². The smallest absolute Gasteiger partial charge is 0.207 e. The standard InChI is InChI=1S/C19H24ClNO2S/c1-15-10-12-17(13-11-15)24(22,23)21(19(2,3)4)14-18(20)16-8-6-5-7-9-16/h5-13,18H,14H2,1-4H3. The number of aryl methyl sites for hydroxylation is 1. The lowest BCUT2D eigenvalue weighted by molar-refractivity contribution is 0.249. The SMILES string of the molecule is Cc1ccc(S(=O)(=O)N(CC(Cl)c2ccccc2)C(C)(C)C)cc1. The molecule has 0 spiro atoms. The monoisotopic (exact) mass is 365 g/mol. The zero-order valence-corrected chi connectivity index (χ0v) is 16.1. The molecule has 0 radical (unpaired) electrons. The summed E-state index contributed by atoms with van der Waals surface area (Å²) in [4.78, 5) is 0.292. The zero-order valence-electron chi connectivity index (χ0n) is 14.5. The van der Waals surface area contributed by atoms with E-state index in [4.69, 9.17) is 11.6 Å². The Balaban J connectivity index is 2.37. The molecule has 5 heteroatoms. The van der Waals surface area contributed by atoms with Crippen LogP contribution in [0.25, 0.3) is 0 Å². The molecule has 0 aliphatic heterocycles. The van der Waals surface area contributed by atoms with Crippen LogP contribution in [0.1, 0.15) is 37.3 Å². The minimum atomic E-state index is -3.63. The first-order valence-corrected chi connectivity index (χ1v) is 9.78. The van der Waals surface area contributed by atoms with Gasteiger partial charge in [-0.15, -0.1) is 11.6 Å². The van der Waals surface area contributed by atoms with Crippen molar-refractivity contribution in [2.75, 3.05) is 6.54 Å². The first-order valence-electron chi connectivity index (χ1n) is 7.91. The minimum Gasteiger partial charge on any atom is -0.207 e. The van der Waals surface area contributed by atoms with Gasteiger partial charge in [-0.3, -0.25) is 0 Å². The van der Waals surface area contributed by atoms with Crippen LogP contribution in [0.15, 0.2) is 59.5 Å². The number of alkyl halides is 1. The Morgan fingerprint density at radius 3 is 2.04 bits per heavy atom. The second kappa shape index (κ2) is 7.26. The second-order valence-corrected chi connectivity index (χ2v) is 9.29. The summed E-state index contributed by atoms with van der Waals surface area (Å²) in [6.45, 7) is 7.79. The van der Waals surface area contributed by atoms with Crippen LogP contribution in [0.5, 0.6) is 0 Å². The third-order valence-electron chi connectivity index (χ3n) is 3.84. The lowest BCUT2D eigenvalue weighted by Gasteiger charge is -2.35. The highest BCUT2D eigenvalue weighted by molar-refractivity contribution is 7.89. The first kappa shape index (κ1) is 19.0. The number of nitrogens with zero attached hydrogens (tertiary/aromatic N) is 1. The van der Waals surface area contributed by atoms with Gasteiger partial charge in [0.25, 0.3) is 0 Å². The maximum absolute atomic E-state index is 13.1. The van der Waals surface area contributed by atoms with Crippen LogP contribution in [-0.2, 0) is 10.0 Å². The molecule has 0 N–H and O–H groups in total. The molecule has 2 aromatic carbocycles. The van der Waals surface area contributed by atoms with Crippen molar-refractivity contribution in [1.29, 1.82) is 0 Å². The van der Waals surface area contributed by atoms with Crippen LogP contribution in [0.4, 0.5) is 0 Å². The highest BCUT2D eigenvalue weighted by Crippen LogP contribution is 2.30. The summed E-state index contributed by atoms with van der Waals surface area (Å²) in [5.41, 5.74) is 1.36. The van der Waals surface area contributed by atoms with Crippen molar-refractivity contribution in [2.24, 2.45) is 0 Å². The third kappa shape index (κ3) is 4.38. The summed E-state index contributed by atoms with van der Waals surface area (Å²) in [5, 5.41) is -0.411. The Kier molecular flexibility index (Phi) is 5.74. The van der Waals surface area contributed by atoms with E-state index in [1.165, 1.54) is 4.31 Å². The van der Waals surface area contributed by atoms with Gasteiger partial charge in [-0.2, -0.15) is 4.31 Å². The maximum atomic E-state index is 13.1. The molecule has 0 aromatic heterocycles. The molecule has 0 saturated heterocycles. The quantitative estimate of drug-likeness (QED) is 0.716. The van der Waals surface area contributed by atoms with Gasteiger partial charge >= 0.3 is 0 Å². The van der Waals surface area contributed by atoms with Crippen molar-refractivity contribution in [1.82, 2.24) is 4.31 Å². The average molecular weight is 366 g/mol. The van der Waals surface area contributed by atoms with Crippen molar-refractivity contribution in [3.05, 3.63) is 65.7 Å². The molecule has 2 rings (SSSR count). The van der Waals surface area contributed by atoms with E-state index >= 15 is 0 Å². The first-order chi connectivity index (χ1) is 11.1. The molecule has 3 nitrogen and oxygen atoms in total. The van der Waals surface area contributed by atoms with Crippen LogP contribution in [-0.4, -0.2) is 24.8 Å². The van der Waals surface area contributed by atoms with Crippen molar-refractivity contribution in [3.8, 4) is 0 Å². The highest BCUT2D eigenvalue weighted by atomic mass is 35.5. The molecule has 2 aromatic rings. The van der Waals surface area contributed by atoms with E-state index in [1.807, 2.05) is 70.2 Å². The number of rotatable bonds is 5. The van der Waals surface area contributed by atoms with Crippen LogP contribution in [0.2, 0.25) is 0 Å². The number of benzene rings is 2. The number of hydrogen-bond donors (Lipinski definition) is 0. The Bertz CT molecular complexity index is 765. The van der Waals surface area contributed by atoms with Gasteiger partial charge in [-0.1, -0.05) is 48.0 Å². The van der Waals surface area contributed by atoms with Crippen LogP contribution >= 0.6 is 11.6 Å². The largest absolute Gasteiger partial charge is 0.243 e. The van der Waals surface area contributed by atoms with E-state index in [-0.39, 0.29) is 6.54 Å². The predicted octanol–water partition coefficient (Wildman–Crippen LogP) is 4.76. The average Bonchev–Trinajstić information content (AvgIpc) is 2.52. The highest BCUT2D eigenvalue weighted by Gasteiger charge is 2.35. The fourth-order valence-corrected chi connectivity index (χ4v) is 4.65. The summed E-state index contributed by atoms with van der Waals surface area (Å²) < 4.78 is 27.7. The summed E-state index contributed by atoms with van der Waals surface area (Å²) in [6.07, 6.45) is 0. The molecule has 0 saturated carbocycles. The van der Waals surface area contributed by atoms with Crippen LogP contribution in [0.3, 0.4) is 0 Å². The van der Waals surface area contributed by atoms with Crippen molar-refractivity contribution in [3.63, 3.8) is 0 Å². The van der Waals surface area contributed by atoms with E-state index in [9.17, 15) is 8.42 Å². The van der Waals surface area contributed by atoms with Gasteiger partial charge in [0, 0.05) is 12.1 Å². The van der Waals surface area contributed by atoms with Gasteiger partial charge in [-0.25, -0.2) is 8.42 Å². The molecule has 1 unspecified atom stereocenters. The molecule has 0 bridgehead atoms. The summed E-state index contributed by atoms with van der Waals surface area (Å²) in [5.74, 6) is 0. The number of sulfonamides is 1. The number of halogens is 1. The summed E-state index contributed by atoms with van der Waals surface area (Å²) >= 11 is 6.52. The van der Waals surface area contributed by atoms with Crippen molar-refractivity contribution < 1.29 is 8.42 Å². The van der Waals surface area contributed by atoms with Gasteiger partial charge in [0.2, 0.25) is 10.0 Å². The Morgan fingerprint density at radius 2 is 1.54 bits per heavy atom. The van der Waals surface area contributed by atoms with Crippen LogP contribution < -0.4 is 0 Å². The molecule has 130 valence electrons. The van der Waals surface area contributed by atoms with Gasteiger partial charge < -0.3 is 0 Å². The van der Waals surface area contributed by atoms with Gasteiger partial charge in [-0.05, 0) is 45.4 Å². The molecule has 0 heterocycles. The normalized spacial score (nSPS) is 13.9. The van der Waals surface area contributed by atoms with Gasteiger partial charge in [0.15, 0.2) is 0 Å². The molecular formula is C19H24ClNO2S. The maximum Gasteiger partial charge on any atom is 0.243 e. The molecule has 0 aliphatic rings. The van der Waals surface area contributed by atoms with E-state index < -0.39 is 20.9 Å². The van der Waals surface area contributed by atoms with E-state index in [0.29, 0.717) is 4.90 Å². The molecule has 1 atom stereocenters. The topological polar surface area (TPSA) is 37.4 Å². The van der Waals surface area contributed by atoms with Gasteiger partial charge in [0.1, 0.15) is 0 Å². The Morgan fingerprint density at radius 1 is 1.00 bits per heavy atom. The fraction of sp³-hybridized carbons (Fsp3) is 0.368. The Hall–Kier alpha value is -1.36. The third-order valence-corrected chi connectivity index (χ3v) is 6.38. The van der Waals surface area contributed by atoms with E-state index in [0.717, 1.165) is 11.1 Å². The van der Waals surface area contributed by atoms with E-state index in [1.54, 1.807) is 12.1 Å². The van der Waals surface area contributed by atoms with Crippen molar-refractivity contribution in [2.45, 2.75) is 43.5 Å².